The van der Waals surface area contributed by atoms with Crippen LogP contribution < -0.4 is 10.6 Å². The molecule has 0 heterocycles. The number of aryl methyl sites for hydroxylation is 1. The summed E-state index contributed by atoms with van der Waals surface area (Å²) in [7, 11) is 1.52. The van der Waals surface area contributed by atoms with Crippen molar-refractivity contribution < 1.29 is 29.3 Å². The van der Waals surface area contributed by atoms with Gasteiger partial charge in [0.25, 0.3) is 17.7 Å². The number of rotatable bonds is 17. The molecule has 0 spiro atoms. The Balaban J connectivity index is 1.88. The molecule has 0 saturated carbocycles. The van der Waals surface area contributed by atoms with Crippen LogP contribution in [0.15, 0.2) is 78.9 Å². The minimum Gasteiger partial charge on any atom is -0.388 e. The second-order valence-corrected chi connectivity index (χ2v) is 11.4. The summed E-state index contributed by atoms with van der Waals surface area (Å²) in [5, 5.41) is 28.7. The van der Waals surface area contributed by atoms with Crippen LogP contribution in [0.4, 0.5) is 0 Å². The van der Waals surface area contributed by atoms with Crippen LogP contribution in [0, 0.1) is 6.92 Å². The molecule has 0 saturated heterocycles. The molecule has 0 aromatic heterocycles. The molecule has 4 N–H and O–H groups in total. The van der Waals surface area contributed by atoms with Crippen LogP contribution in [-0.2, 0) is 11.2 Å². The van der Waals surface area contributed by atoms with Crippen LogP contribution in [-0.4, -0.2) is 83.9 Å². The minimum atomic E-state index is -1.46. The second-order valence-electron chi connectivity index (χ2n) is 11.4. The maximum atomic E-state index is 13.7. The number of aliphatic hydroxyl groups is 2. The maximum absolute atomic E-state index is 13.7. The van der Waals surface area contributed by atoms with Crippen LogP contribution in [0.25, 0.3) is 0 Å². The molecular formula is C36H47N3O6. The van der Waals surface area contributed by atoms with Crippen molar-refractivity contribution in [2.75, 3.05) is 26.8 Å². The van der Waals surface area contributed by atoms with Crippen LogP contribution in [0.3, 0.4) is 0 Å². The third-order valence-electron chi connectivity index (χ3n) is 7.64. The van der Waals surface area contributed by atoms with Gasteiger partial charge >= 0.3 is 0 Å². The Hall–Kier alpha value is -4.05. The van der Waals surface area contributed by atoms with Gasteiger partial charge in [-0.25, -0.2) is 0 Å². The Morgan fingerprint density at radius 1 is 0.756 bits per heavy atom. The van der Waals surface area contributed by atoms with Gasteiger partial charge in [0.15, 0.2) is 0 Å². The highest BCUT2D eigenvalue weighted by Gasteiger charge is 2.34. The summed E-state index contributed by atoms with van der Waals surface area (Å²) in [5.74, 6) is -1.02. The topological polar surface area (TPSA) is 128 Å². The van der Waals surface area contributed by atoms with Gasteiger partial charge < -0.3 is 30.5 Å². The first-order chi connectivity index (χ1) is 21.7. The van der Waals surface area contributed by atoms with Gasteiger partial charge in [-0.2, -0.15) is 0 Å². The Morgan fingerprint density at radius 3 is 1.89 bits per heavy atom. The van der Waals surface area contributed by atoms with Crippen molar-refractivity contribution in [3.8, 4) is 0 Å². The molecule has 9 heteroatoms. The van der Waals surface area contributed by atoms with E-state index in [1.165, 1.54) is 7.11 Å². The van der Waals surface area contributed by atoms with Crippen LogP contribution in [0.5, 0.6) is 0 Å². The molecule has 9 nitrogen and oxygen atoms in total. The van der Waals surface area contributed by atoms with Gasteiger partial charge in [-0.3, -0.25) is 14.4 Å². The van der Waals surface area contributed by atoms with Crippen molar-refractivity contribution in [3.63, 3.8) is 0 Å². The van der Waals surface area contributed by atoms with Crippen LogP contribution in [0.1, 0.15) is 75.3 Å². The van der Waals surface area contributed by atoms with Crippen molar-refractivity contribution in [1.29, 1.82) is 0 Å². The summed E-state index contributed by atoms with van der Waals surface area (Å²) in [6.07, 6.45) is -0.801. The van der Waals surface area contributed by atoms with Gasteiger partial charge in [0.05, 0.1) is 12.1 Å². The predicted octanol–water partition coefficient (Wildman–Crippen LogP) is 4.16. The molecule has 242 valence electrons. The van der Waals surface area contributed by atoms with E-state index in [2.05, 4.69) is 10.6 Å². The quantitative estimate of drug-likeness (QED) is 0.180. The number of nitrogens with zero attached hydrogens (tertiary/aromatic N) is 1. The molecular weight excluding hydrogens is 570 g/mol. The Labute approximate surface area is 266 Å². The lowest BCUT2D eigenvalue weighted by atomic mass is 9.92. The van der Waals surface area contributed by atoms with E-state index in [0.29, 0.717) is 24.2 Å². The number of ether oxygens (including phenoxy) is 1. The average molecular weight is 618 g/mol. The highest BCUT2D eigenvalue weighted by atomic mass is 16.5. The zero-order chi connectivity index (χ0) is 32.8. The summed E-state index contributed by atoms with van der Waals surface area (Å²) in [4.78, 5) is 41.8. The van der Waals surface area contributed by atoms with Gasteiger partial charge in [0.1, 0.15) is 12.2 Å². The maximum Gasteiger partial charge on any atom is 0.253 e. The van der Waals surface area contributed by atoms with Gasteiger partial charge in [-0.1, -0.05) is 62.4 Å². The predicted molar refractivity (Wildman–Crippen MR) is 175 cm³/mol. The zero-order valence-electron chi connectivity index (χ0n) is 26.7. The molecule has 0 aliphatic rings. The Bertz CT molecular complexity index is 1360. The van der Waals surface area contributed by atoms with E-state index in [-0.39, 0.29) is 30.9 Å². The normalized spacial score (nSPS) is 13.7. The average Bonchev–Trinajstić information content (AvgIpc) is 3.05. The molecule has 4 unspecified atom stereocenters. The number of methoxy groups -OCH3 is 1. The first kappa shape index (κ1) is 35.4. The third kappa shape index (κ3) is 10.5. The monoisotopic (exact) mass is 617 g/mol. The highest BCUT2D eigenvalue weighted by Crippen LogP contribution is 2.17. The first-order valence-electron chi connectivity index (χ1n) is 15.6. The van der Waals surface area contributed by atoms with E-state index in [0.717, 1.165) is 24.0 Å². The minimum absolute atomic E-state index is 0.136. The molecule has 0 radical (unpaired) electrons. The standard InChI is InChI=1S/C36H47N3O6/c1-5-18-39(19-6-2)36(44)29-22-25(3)21-28(24-29)35(43)38-31(23-26-13-9-7-10-14-26)33(41)32(40)30(17-20-45-4)37-34(42)27-15-11-8-12-16-27/h7-16,21-22,24,30-33,40-41H,5-6,17-20,23H2,1-4H3,(H,37,42)(H,38,43). The molecule has 3 rings (SSSR count). The lowest BCUT2D eigenvalue weighted by molar-refractivity contribution is -0.0268. The Morgan fingerprint density at radius 2 is 1.29 bits per heavy atom. The number of carbonyl (C=O) groups excluding carboxylic acids is 3. The summed E-state index contributed by atoms with van der Waals surface area (Å²) in [5.41, 5.74) is 2.70. The number of aliphatic hydroxyl groups excluding tert-OH is 2. The lowest BCUT2D eigenvalue weighted by Crippen LogP contribution is -2.57. The first-order valence-corrected chi connectivity index (χ1v) is 15.6. The summed E-state index contributed by atoms with van der Waals surface area (Å²) >= 11 is 0. The van der Waals surface area contributed by atoms with E-state index in [4.69, 9.17) is 4.74 Å². The summed E-state index contributed by atoms with van der Waals surface area (Å²) in [6.45, 7) is 7.34. The van der Waals surface area contributed by atoms with E-state index < -0.39 is 36.1 Å². The van der Waals surface area contributed by atoms with Gasteiger partial charge in [0, 0.05) is 43.5 Å². The molecule has 0 aliphatic heterocycles. The largest absolute Gasteiger partial charge is 0.388 e. The molecule has 0 fully saturated rings. The van der Waals surface area contributed by atoms with Crippen molar-refractivity contribution >= 4 is 17.7 Å². The number of amides is 3. The third-order valence-corrected chi connectivity index (χ3v) is 7.64. The second kappa shape index (κ2) is 18.0. The van der Waals surface area contributed by atoms with Crippen LogP contribution in [0.2, 0.25) is 0 Å². The fraction of sp³-hybridized carbons (Fsp3) is 0.417. The summed E-state index contributed by atoms with van der Waals surface area (Å²) in [6, 6.07) is 21.2. The number of hydrogen-bond donors (Lipinski definition) is 4. The molecule has 45 heavy (non-hydrogen) atoms. The molecule has 3 amide bonds. The van der Waals surface area contributed by atoms with Crippen molar-refractivity contribution in [2.24, 2.45) is 0 Å². The van der Waals surface area contributed by atoms with Crippen molar-refractivity contribution in [3.05, 3.63) is 107 Å². The van der Waals surface area contributed by atoms with E-state index in [1.54, 1.807) is 53.4 Å². The number of nitrogens with one attached hydrogen (secondary N) is 2. The van der Waals surface area contributed by atoms with Gasteiger partial charge in [0.2, 0.25) is 0 Å². The molecule has 0 bridgehead atoms. The zero-order valence-corrected chi connectivity index (χ0v) is 26.7. The fourth-order valence-electron chi connectivity index (χ4n) is 5.34. The molecule has 3 aromatic carbocycles. The smallest absolute Gasteiger partial charge is 0.253 e. The number of carbonyl (C=O) groups is 3. The van der Waals surface area contributed by atoms with Crippen molar-refractivity contribution in [1.82, 2.24) is 15.5 Å². The summed E-state index contributed by atoms with van der Waals surface area (Å²) < 4.78 is 5.21. The molecule has 3 aromatic rings. The highest BCUT2D eigenvalue weighted by molar-refractivity contribution is 6.00. The molecule has 0 aliphatic carbocycles. The lowest BCUT2D eigenvalue weighted by Gasteiger charge is -2.33. The Kier molecular flexibility index (Phi) is 14.2. The number of benzene rings is 3. The van der Waals surface area contributed by atoms with Gasteiger partial charge in [-0.05, 0) is 74.1 Å². The number of hydrogen-bond acceptors (Lipinski definition) is 6. The fourth-order valence-corrected chi connectivity index (χ4v) is 5.34. The van der Waals surface area contributed by atoms with Crippen LogP contribution >= 0.6 is 0 Å². The SMILES string of the molecule is CCCN(CCC)C(=O)c1cc(C)cc(C(=O)NC(Cc2ccccc2)C(O)C(O)C(CCOC)NC(=O)c2ccccc2)c1. The van der Waals surface area contributed by atoms with E-state index >= 15 is 0 Å². The van der Waals surface area contributed by atoms with E-state index in [9.17, 15) is 24.6 Å². The molecule has 4 atom stereocenters. The van der Waals surface area contributed by atoms with Crippen molar-refractivity contribution in [2.45, 2.75) is 70.7 Å². The van der Waals surface area contributed by atoms with Gasteiger partial charge in [-0.15, -0.1) is 0 Å². The van der Waals surface area contributed by atoms with E-state index in [1.807, 2.05) is 51.1 Å².